The van der Waals surface area contributed by atoms with Crippen molar-refractivity contribution in [2.75, 3.05) is 6.61 Å². The Morgan fingerprint density at radius 1 is 1.12 bits per heavy atom. The summed E-state index contributed by atoms with van der Waals surface area (Å²) in [7, 11) is 0. The van der Waals surface area contributed by atoms with Gasteiger partial charge >= 0.3 is 5.97 Å². The SMILES string of the molecule is O=C(OCc1ccccc1Br)c1nn(CCO)c(=O)c2ccccc12. The summed E-state index contributed by atoms with van der Waals surface area (Å²) in [6, 6.07) is 14.1. The molecule has 0 saturated carbocycles. The van der Waals surface area contributed by atoms with Crippen LogP contribution in [0.3, 0.4) is 0 Å². The molecule has 0 aliphatic rings. The zero-order valence-corrected chi connectivity index (χ0v) is 14.8. The maximum Gasteiger partial charge on any atom is 0.359 e. The lowest BCUT2D eigenvalue weighted by atomic mass is 10.1. The largest absolute Gasteiger partial charge is 0.456 e. The van der Waals surface area contributed by atoms with Crippen LogP contribution < -0.4 is 5.56 Å². The summed E-state index contributed by atoms with van der Waals surface area (Å²) in [5.74, 6) is -0.626. The molecule has 0 aliphatic heterocycles. The number of aliphatic hydroxyl groups excluding tert-OH is 1. The second-order valence-electron chi connectivity index (χ2n) is 5.31. The van der Waals surface area contributed by atoms with Crippen molar-refractivity contribution in [1.29, 1.82) is 0 Å². The Bertz CT molecular complexity index is 984. The highest BCUT2D eigenvalue weighted by atomic mass is 79.9. The van der Waals surface area contributed by atoms with Gasteiger partial charge in [-0.2, -0.15) is 5.10 Å². The molecule has 0 radical (unpaired) electrons. The van der Waals surface area contributed by atoms with Crippen LogP contribution in [0.25, 0.3) is 10.8 Å². The quantitative estimate of drug-likeness (QED) is 0.663. The third-order valence-electron chi connectivity index (χ3n) is 3.69. The van der Waals surface area contributed by atoms with Gasteiger partial charge in [0.15, 0.2) is 5.69 Å². The van der Waals surface area contributed by atoms with Gasteiger partial charge in [-0.3, -0.25) is 4.79 Å². The van der Waals surface area contributed by atoms with Gasteiger partial charge in [0.2, 0.25) is 0 Å². The number of aromatic nitrogens is 2. The number of ether oxygens (including phenoxy) is 1. The minimum absolute atomic E-state index is 0.00812. The predicted octanol–water partition coefficient (Wildman–Crippen LogP) is 2.51. The van der Waals surface area contributed by atoms with Crippen molar-refractivity contribution in [2.45, 2.75) is 13.2 Å². The molecule has 1 N–H and O–H groups in total. The molecule has 25 heavy (non-hydrogen) atoms. The Hall–Kier alpha value is -2.51. The minimum atomic E-state index is -0.626. The Labute approximate surface area is 151 Å². The lowest BCUT2D eigenvalue weighted by molar-refractivity contribution is 0.0464. The molecule has 0 fully saturated rings. The summed E-state index contributed by atoms with van der Waals surface area (Å²) in [6.45, 7) is -0.166. The maximum absolute atomic E-state index is 12.5. The second kappa shape index (κ2) is 7.58. The van der Waals surface area contributed by atoms with Gasteiger partial charge in [0.25, 0.3) is 5.56 Å². The second-order valence-corrected chi connectivity index (χ2v) is 6.17. The van der Waals surface area contributed by atoms with Crippen LogP contribution in [0.15, 0.2) is 57.8 Å². The third-order valence-corrected chi connectivity index (χ3v) is 4.46. The molecule has 0 spiro atoms. The first-order valence-corrected chi connectivity index (χ1v) is 8.42. The van der Waals surface area contributed by atoms with Crippen molar-refractivity contribution in [3.8, 4) is 0 Å². The monoisotopic (exact) mass is 402 g/mol. The normalized spacial score (nSPS) is 10.8. The molecule has 0 bridgehead atoms. The van der Waals surface area contributed by atoms with Crippen molar-refractivity contribution >= 4 is 32.7 Å². The predicted molar refractivity (Wildman–Crippen MR) is 96.4 cm³/mol. The fraction of sp³-hybridized carbons (Fsp3) is 0.167. The van der Waals surface area contributed by atoms with Gasteiger partial charge in [-0.05, 0) is 12.1 Å². The standard InChI is InChI=1S/C18H15BrN2O4/c19-15-8-4-1-5-12(15)11-25-18(24)16-13-6-2-3-7-14(13)17(23)21(20-16)9-10-22/h1-8,22H,9-11H2. The molecule has 7 heteroatoms. The average Bonchev–Trinajstić information content (AvgIpc) is 2.63. The fourth-order valence-electron chi connectivity index (χ4n) is 2.46. The van der Waals surface area contributed by atoms with Gasteiger partial charge in [0.1, 0.15) is 6.61 Å². The van der Waals surface area contributed by atoms with Crippen LogP contribution in [0.2, 0.25) is 0 Å². The summed E-state index contributed by atoms with van der Waals surface area (Å²) in [5.41, 5.74) is 0.520. The zero-order chi connectivity index (χ0) is 17.8. The number of nitrogens with zero attached hydrogens (tertiary/aromatic N) is 2. The van der Waals surface area contributed by atoms with E-state index in [9.17, 15) is 9.59 Å². The van der Waals surface area contributed by atoms with E-state index in [-0.39, 0.29) is 31.0 Å². The Morgan fingerprint density at radius 3 is 2.52 bits per heavy atom. The first-order valence-electron chi connectivity index (χ1n) is 7.63. The number of carbonyl (C=O) groups is 1. The number of carbonyl (C=O) groups excluding carboxylic acids is 1. The van der Waals surface area contributed by atoms with Gasteiger partial charge in [-0.1, -0.05) is 52.3 Å². The van der Waals surface area contributed by atoms with E-state index in [1.54, 1.807) is 24.3 Å². The molecule has 3 aromatic rings. The van der Waals surface area contributed by atoms with E-state index < -0.39 is 5.97 Å². The van der Waals surface area contributed by atoms with Gasteiger partial charge in [0.05, 0.1) is 18.5 Å². The number of halogens is 1. The number of benzene rings is 2. The molecule has 2 aromatic carbocycles. The number of esters is 1. The van der Waals surface area contributed by atoms with Crippen LogP contribution in [0.1, 0.15) is 16.1 Å². The van der Waals surface area contributed by atoms with Gasteiger partial charge in [0, 0.05) is 15.4 Å². The van der Waals surface area contributed by atoms with E-state index in [4.69, 9.17) is 9.84 Å². The lowest BCUT2D eigenvalue weighted by Crippen LogP contribution is -2.27. The molecule has 0 unspecified atom stereocenters. The highest BCUT2D eigenvalue weighted by molar-refractivity contribution is 9.10. The molecule has 1 heterocycles. The topological polar surface area (TPSA) is 81.4 Å². The molecule has 0 atom stereocenters. The molecule has 0 amide bonds. The first kappa shape index (κ1) is 17.3. The fourth-order valence-corrected chi connectivity index (χ4v) is 2.86. The van der Waals surface area contributed by atoms with E-state index in [1.165, 1.54) is 0 Å². The number of aliphatic hydroxyl groups is 1. The number of rotatable bonds is 5. The summed E-state index contributed by atoms with van der Waals surface area (Å²) < 4.78 is 7.29. The Kier molecular flexibility index (Phi) is 5.25. The van der Waals surface area contributed by atoms with Crippen molar-refractivity contribution in [3.63, 3.8) is 0 Å². The van der Waals surface area contributed by atoms with E-state index in [0.717, 1.165) is 14.7 Å². The summed E-state index contributed by atoms with van der Waals surface area (Å²) in [4.78, 5) is 24.9. The van der Waals surface area contributed by atoms with Crippen LogP contribution in [0, 0.1) is 0 Å². The molecule has 3 rings (SSSR count). The molecule has 1 aromatic heterocycles. The van der Waals surface area contributed by atoms with Gasteiger partial charge in [-0.25, -0.2) is 9.48 Å². The van der Waals surface area contributed by atoms with Gasteiger partial charge < -0.3 is 9.84 Å². The molecular weight excluding hydrogens is 388 g/mol. The molecule has 0 saturated heterocycles. The van der Waals surface area contributed by atoms with E-state index in [2.05, 4.69) is 21.0 Å². The highest BCUT2D eigenvalue weighted by Gasteiger charge is 2.18. The molecular formula is C18H15BrN2O4. The third kappa shape index (κ3) is 3.62. The van der Waals surface area contributed by atoms with E-state index >= 15 is 0 Å². The van der Waals surface area contributed by atoms with Gasteiger partial charge in [-0.15, -0.1) is 0 Å². The zero-order valence-electron chi connectivity index (χ0n) is 13.2. The lowest BCUT2D eigenvalue weighted by Gasteiger charge is -2.10. The van der Waals surface area contributed by atoms with Crippen molar-refractivity contribution in [1.82, 2.24) is 9.78 Å². The average molecular weight is 403 g/mol. The van der Waals surface area contributed by atoms with Crippen LogP contribution in [-0.4, -0.2) is 27.5 Å². The van der Waals surface area contributed by atoms with Crippen LogP contribution >= 0.6 is 15.9 Å². The van der Waals surface area contributed by atoms with Crippen LogP contribution in [0.4, 0.5) is 0 Å². The highest BCUT2D eigenvalue weighted by Crippen LogP contribution is 2.19. The maximum atomic E-state index is 12.5. The Balaban J connectivity index is 1.96. The Morgan fingerprint density at radius 2 is 1.80 bits per heavy atom. The number of hydrogen-bond acceptors (Lipinski definition) is 5. The summed E-state index contributed by atoms with van der Waals surface area (Å²) in [6.07, 6.45) is 0. The summed E-state index contributed by atoms with van der Waals surface area (Å²) >= 11 is 3.40. The number of fused-ring (bicyclic) bond motifs is 1. The van der Waals surface area contributed by atoms with Crippen molar-refractivity contribution in [2.24, 2.45) is 0 Å². The van der Waals surface area contributed by atoms with Crippen LogP contribution in [-0.2, 0) is 17.9 Å². The van der Waals surface area contributed by atoms with Crippen LogP contribution in [0.5, 0.6) is 0 Å². The smallest absolute Gasteiger partial charge is 0.359 e. The molecule has 128 valence electrons. The van der Waals surface area contributed by atoms with E-state index in [1.807, 2.05) is 24.3 Å². The van der Waals surface area contributed by atoms with Crippen molar-refractivity contribution in [3.05, 3.63) is 74.6 Å². The van der Waals surface area contributed by atoms with Crippen molar-refractivity contribution < 1.29 is 14.6 Å². The first-order chi connectivity index (χ1) is 12.1. The van der Waals surface area contributed by atoms with E-state index in [0.29, 0.717) is 10.8 Å². The summed E-state index contributed by atoms with van der Waals surface area (Å²) in [5, 5.41) is 14.0. The molecule has 0 aliphatic carbocycles. The minimum Gasteiger partial charge on any atom is -0.456 e. The number of hydrogen-bond donors (Lipinski definition) is 1. The molecule has 6 nitrogen and oxygen atoms in total.